The molecule has 2 aliphatic heterocycles. The van der Waals surface area contributed by atoms with Crippen molar-refractivity contribution in [1.82, 2.24) is 20.2 Å². The van der Waals surface area contributed by atoms with E-state index >= 15 is 0 Å². The SMILES string of the molecule is CC(N)=Nc1ccnc(SC2=C(C(=O)O)N3C(=O)C(NC(=O)Cc4ccccc4)[C@H]3SC2)n1. The number of β-lactam (4-membered cyclic amide) rings is 1. The van der Waals surface area contributed by atoms with Gasteiger partial charge in [-0.25, -0.2) is 19.8 Å². The lowest BCUT2D eigenvalue weighted by atomic mass is 10.0. The Hall–Kier alpha value is -3.38. The van der Waals surface area contributed by atoms with Crippen LogP contribution in [0.4, 0.5) is 5.82 Å². The first-order valence-electron chi connectivity index (χ1n) is 9.89. The number of nitrogens with two attached hydrogens (primary N) is 1. The number of rotatable bonds is 7. The number of aliphatic imine (C=N–C) groups is 1. The van der Waals surface area contributed by atoms with E-state index < -0.39 is 23.3 Å². The lowest BCUT2D eigenvalue weighted by Crippen LogP contribution is -2.70. The maximum absolute atomic E-state index is 12.8. The predicted octanol–water partition coefficient (Wildman–Crippen LogP) is 1.52. The van der Waals surface area contributed by atoms with Gasteiger partial charge in [-0.3, -0.25) is 14.5 Å². The van der Waals surface area contributed by atoms with Crippen molar-refractivity contribution in [1.29, 1.82) is 0 Å². The van der Waals surface area contributed by atoms with Crippen LogP contribution in [0, 0.1) is 0 Å². The number of aliphatic carboxylic acids is 1. The summed E-state index contributed by atoms with van der Waals surface area (Å²) >= 11 is 2.45. The van der Waals surface area contributed by atoms with Crippen LogP contribution in [0.2, 0.25) is 0 Å². The van der Waals surface area contributed by atoms with E-state index in [2.05, 4.69) is 20.3 Å². The number of amidine groups is 1. The van der Waals surface area contributed by atoms with E-state index in [-0.39, 0.29) is 18.0 Å². The van der Waals surface area contributed by atoms with Crippen LogP contribution in [-0.2, 0) is 20.8 Å². The zero-order valence-corrected chi connectivity index (χ0v) is 19.1. The van der Waals surface area contributed by atoms with E-state index in [1.807, 2.05) is 30.3 Å². The molecule has 12 heteroatoms. The second-order valence-electron chi connectivity index (χ2n) is 7.25. The Kier molecular flexibility index (Phi) is 6.65. The Morgan fingerprint density at radius 3 is 2.79 bits per heavy atom. The first kappa shape index (κ1) is 22.8. The quantitative estimate of drug-likeness (QED) is 0.230. The summed E-state index contributed by atoms with van der Waals surface area (Å²) in [6.07, 6.45) is 1.65. The maximum Gasteiger partial charge on any atom is 0.353 e. The molecule has 2 aliphatic rings. The number of amides is 2. The first-order valence-corrected chi connectivity index (χ1v) is 11.8. The fourth-order valence-corrected chi connectivity index (χ4v) is 5.80. The highest BCUT2D eigenvalue weighted by Gasteiger charge is 2.54. The molecule has 0 radical (unpaired) electrons. The molecule has 4 N–H and O–H groups in total. The fraction of sp³-hybridized carbons (Fsp3) is 0.238. The average Bonchev–Trinajstić information content (AvgIpc) is 2.77. The van der Waals surface area contributed by atoms with Crippen molar-refractivity contribution in [2.75, 3.05) is 5.75 Å². The molecule has 2 aromatic rings. The van der Waals surface area contributed by atoms with Crippen LogP contribution in [0.25, 0.3) is 0 Å². The van der Waals surface area contributed by atoms with Gasteiger partial charge in [0.1, 0.15) is 17.1 Å². The minimum atomic E-state index is -1.22. The van der Waals surface area contributed by atoms with Crippen molar-refractivity contribution in [3.63, 3.8) is 0 Å². The molecule has 2 atom stereocenters. The number of carbonyl (C=O) groups excluding carboxylic acids is 2. The van der Waals surface area contributed by atoms with Crippen molar-refractivity contribution in [2.24, 2.45) is 10.7 Å². The van der Waals surface area contributed by atoms with Gasteiger partial charge in [0.2, 0.25) is 5.91 Å². The van der Waals surface area contributed by atoms with Gasteiger partial charge in [0.15, 0.2) is 11.0 Å². The molecule has 33 heavy (non-hydrogen) atoms. The smallest absolute Gasteiger partial charge is 0.353 e. The highest BCUT2D eigenvalue weighted by Crippen LogP contribution is 2.44. The summed E-state index contributed by atoms with van der Waals surface area (Å²) in [4.78, 5) is 51.4. The molecular formula is C21H20N6O4S2. The summed E-state index contributed by atoms with van der Waals surface area (Å²) in [6.45, 7) is 1.63. The zero-order valence-electron chi connectivity index (χ0n) is 17.5. The molecule has 4 rings (SSSR count). The van der Waals surface area contributed by atoms with Crippen LogP contribution < -0.4 is 11.1 Å². The third-order valence-electron chi connectivity index (χ3n) is 4.78. The normalized spacial score (nSPS) is 20.2. The second-order valence-corrected chi connectivity index (χ2v) is 9.41. The molecule has 0 aliphatic carbocycles. The standard InChI is InChI=1S/C21H20N6O4S2/c1-11(22)24-14-7-8-23-21(25-14)33-13-10-32-19-16(18(29)27(19)17(13)20(30)31)26-15(28)9-12-5-3-2-4-6-12/h2-8,16,19H,9-10H2,1H3,(H,26,28)(H,30,31)(H2,22,23,24,25)/t16?,19-/m1/s1. The third-order valence-corrected chi connectivity index (χ3v) is 7.21. The molecule has 1 unspecified atom stereocenters. The number of carbonyl (C=O) groups is 3. The number of hydrogen-bond acceptors (Lipinski definition) is 8. The Morgan fingerprint density at radius 2 is 2.09 bits per heavy atom. The van der Waals surface area contributed by atoms with Crippen molar-refractivity contribution in [3.05, 3.63) is 58.8 Å². The zero-order chi connectivity index (χ0) is 23.5. The number of nitrogens with zero attached hydrogens (tertiary/aromatic N) is 4. The Labute approximate surface area is 197 Å². The minimum Gasteiger partial charge on any atom is -0.477 e. The molecule has 0 bridgehead atoms. The van der Waals surface area contributed by atoms with Crippen LogP contribution in [0.1, 0.15) is 12.5 Å². The number of carboxylic acid groups (broad SMARTS) is 1. The minimum absolute atomic E-state index is 0.116. The summed E-state index contributed by atoms with van der Waals surface area (Å²) in [5.41, 5.74) is 6.30. The van der Waals surface area contributed by atoms with Gasteiger partial charge in [0.05, 0.1) is 12.3 Å². The lowest BCUT2D eigenvalue weighted by Gasteiger charge is -2.49. The Morgan fingerprint density at radius 1 is 1.33 bits per heavy atom. The Bertz CT molecular complexity index is 1170. The lowest BCUT2D eigenvalue weighted by molar-refractivity contribution is -0.150. The van der Waals surface area contributed by atoms with E-state index in [9.17, 15) is 19.5 Å². The van der Waals surface area contributed by atoms with E-state index in [4.69, 9.17) is 5.73 Å². The number of thioether (sulfide) groups is 2. The van der Waals surface area contributed by atoms with Crippen molar-refractivity contribution in [2.45, 2.75) is 29.9 Å². The second kappa shape index (κ2) is 9.63. The number of fused-ring (bicyclic) bond motifs is 1. The summed E-state index contributed by atoms with van der Waals surface area (Å²) in [7, 11) is 0. The predicted molar refractivity (Wildman–Crippen MR) is 125 cm³/mol. The topological polar surface area (TPSA) is 151 Å². The third kappa shape index (κ3) is 5.01. The molecule has 1 aromatic heterocycles. The Balaban J connectivity index is 1.49. The molecule has 0 spiro atoms. The van der Waals surface area contributed by atoms with E-state index in [1.54, 1.807) is 13.0 Å². The van der Waals surface area contributed by atoms with Gasteiger partial charge in [-0.15, -0.1) is 11.8 Å². The highest BCUT2D eigenvalue weighted by molar-refractivity contribution is 8.06. The monoisotopic (exact) mass is 484 g/mol. The van der Waals surface area contributed by atoms with E-state index in [0.29, 0.717) is 27.5 Å². The summed E-state index contributed by atoms with van der Waals surface area (Å²) in [6, 6.07) is 10.0. The van der Waals surface area contributed by atoms with Crippen molar-refractivity contribution in [3.8, 4) is 0 Å². The largest absolute Gasteiger partial charge is 0.477 e. The van der Waals surface area contributed by atoms with Crippen molar-refractivity contribution < 1.29 is 19.5 Å². The van der Waals surface area contributed by atoms with E-state index in [1.165, 1.54) is 22.9 Å². The highest BCUT2D eigenvalue weighted by atomic mass is 32.2. The molecule has 170 valence electrons. The molecular weight excluding hydrogens is 464 g/mol. The number of benzene rings is 1. The molecule has 1 saturated heterocycles. The number of nitrogens with one attached hydrogen (secondary N) is 1. The van der Waals surface area contributed by atoms with Gasteiger partial charge in [0.25, 0.3) is 5.91 Å². The summed E-state index contributed by atoms with van der Waals surface area (Å²) < 4.78 is 0. The molecule has 0 saturated carbocycles. The van der Waals surface area contributed by atoms with Crippen LogP contribution in [-0.4, -0.2) is 60.8 Å². The summed E-state index contributed by atoms with van der Waals surface area (Å²) in [5.74, 6) is -0.954. The molecule has 3 heterocycles. The number of carboxylic acids is 1. The molecule has 1 fully saturated rings. The molecule has 1 aromatic carbocycles. The van der Waals surface area contributed by atoms with Crippen LogP contribution >= 0.6 is 23.5 Å². The number of hydrogen-bond donors (Lipinski definition) is 3. The van der Waals surface area contributed by atoms with E-state index in [0.717, 1.165) is 17.3 Å². The maximum atomic E-state index is 12.8. The van der Waals surface area contributed by atoms with Crippen LogP contribution in [0.3, 0.4) is 0 Å². The van der Waals surface area contributed by atoms with Crippen LogP contribution in [0.15, 0.2) is 63.3 Å². The van der Waals surface area contributed by atoms with Gasteiger partial charge < -0.3 is 16.2 Å². The first-order chi connectivity index (χ1) is 15.8. The van der Waals surface area contributed by atoms with Crippen molar-refractivity contribution >= 4 is 53.0 Å². The average molecular weight is 485 g/mol. The fourth-order valence-electron chi connectivity index (χ4n) is 3.41. The van der Waals surface area contributed by atoms with Gasteiger partial charge >= 0.3 is 5.97 Å². The summed E-state index contributed by atoms with van der Waals surface area (Å²) in [5, 5.41) is 12.4. The molecule has 2 amide bonds. The van der Waals surface area contributed by atoms with Gasteiger partial charge in [-0.2, -0.15) is 0 Å². The van der Waals surface area contributed by atoms with Gasteiger partial charge in [-0.1, -0.05) is 42.1 Å². The molecule has 10 nitrogen and oxygen atoms in total. The van der Waals surface area contributed by atoms with Crippen LogP contribution in [0.5, 0.6) is 0 Å². The van der Waals surface area contributed by atoms with Gasteiger partial charge in [-0.05, 0) is 12.5 Å². The van der Waals surface area contributed by atoms with Gasteiger partial charge in [0, 0.05) is 22.9 Å². The number of aromatic nitrogens is 2.